The van der Waals surface area contributed by atoms with E-state index in [0.717, 1.165) is 36.1 Å². The number of methoxy groups -OCH3 is 1. The molecule has 1 aromatic carbocycles. The first kappa shape index (κ1) is 14.1. The van der Waals surface area contributed by atoms with Crippen LogP contribution in [0.4, 0.5) is 0 Å². The molecule has 19 heavy (non-hydrogen) atoms. The summed E-state index contributed by atoms with van der Waals surface area (Å²) in [6.45, 7) is 4.10. The molecule has 1 aliphatic rings. The Morgan fingerprint density at radius 1 is 1.26 bits per heavy atom. The molecule has 0 fully saturated rings. The number of rotatable bonds is 4. The fourth-order valence-corrected chi connectivity index (χ4v) is 2.98. The standard InChI is InChI=1S/C17H24O2/c1-12-9-13(2)17(16(10-12)19-3)15(18)11-14-7-5-4-6-8-14/h7,9-10,15,18H,4-6,8,11H2,1-3H3. The quantitative estimate of drug-likeness (QED) is 0.821. The number of hydrogen-bond donors (Lipinski definition) is 1. The molecule has 1 atom stereocenters. The van der Waals surface area contributed by atoms with Crippen LogP contribution in [0.15, 0.2) is 23.8 Å². The van der Waals surface area contributed by atoms with Crippen molar-refractivity contribution in [3.8, 4) is 5.75 Å². The van der Waals surface area contributed by atoms with Crippen molar-refractivity contribution in [2.75, 3.05) is 7.11 Å². The van der Waals surface area contributed by atoms with Crippen LogP contribution in [0.1, 0.15) is 54.9 Å². The third-order valence-electron chi connectivity index (χ3n) is 3.89. The van der Waals surface area contributed by atoms with E-state index in [1.807, 2.05) is 13.0 Å². The van der Waals surface area contributed by atoms with Gasteiger partial charge in [0.1, 0.15) is 5.75 Å². The van der Waals surface area contributed by atoms with Crippen LogP contribution in [0.25, 0.3) is 0 Å². The Morgan fingerprint density at radius 2 is 2.05 bits per heavy atom. The van der Waals surface area contributed by atoms with Crippen molar-refractivity contribution >= 4 is 0 Å². The van der Waals surface area contributed by atoms with E-state index in [4.69, 9.17) is 4.74 Å². The summed E-state index contributed by atoms with van der Waals surface area (Å²) in [6.07, 6.45) is 7.40. The second kappa shape index (κ2) is 6.25. The fourth-order valence-electron chi connectivity index (χ4n) is 2.98. The third-order valence-corrected chi connectivity index (χ3v) is 3.89. The zero-order valence-electron chi connectivity index (χ0n) is 12.2. The molecule has 0 aromatic heterocycles. The van der Waals surface area contributed by atoms with Gasteiger partial charge in [0, 0.05) is 5.56 Å². The zero-order chi connectivity index (χ0) is 13.8. The zero-order valence-corrected chi connectivity index (χ0v) is 12.2. The first-order valence-corrected chi connectivity index (χ1v) is 7.13. The maximum Gasteiger partial charge on any atom is 0.125 e. The Bertz CT molecular complexity index is 474. The summed E-state index contributed by atoms with van der Waals surface area (Å²) in [7, 11) is 1.67. The molecule has 0 heterocycles. The van der Waals surface area contributed by atoms with Crippen molar-refractivity contribution in [1.29, 1.82) is 0 Å². The number of aliphatic hydroxyl groups excluding tert-OH is 1. The fraction of sp³-hybridized carbons (Fsp3) is 0.529. The van der Waals surface area contributed by atoms with Crippen LogP contribution < -0.4 is 4.74 Å². The summed E-state index contributed by atoms with van der Waals surface area (Å²) in [5.74, 6) is 0.807. The Morgan fingerprint density at radius 3 is 2.68 bits per heavy atom. The van der Waals surface area contributed by atoms with Gasteiger partial charge in [-0.3, -0.25) is 0 Å². The van der Waals surface area contributed by atoms with Gasteiger partial charge in [-0.1, -0.05) is 17.7 Å². The van der Waals surface area contributed by atoms with E-state index in [0.29, 0.717) is 0 Å². The van der Waals surface area contributed by atoms with Crippen LogP contribution in [-0.4, -0.2) is 12.2 Å². The molecule has 1 N–H and O–H groups in total. The van der Waals surface area contributed by atoms with Crippen LogP contribution >= 0.6 is 0 Å². The number of hydrogen-bond acceptors (Lipinski definition) is 2. The molecule has 0 radical (unpaired) electrons. The van der Waals surface area contributed by atoms with Gasteiger partial charge < -0.3 is 9.84 Å². The summed E-state index contributed by atoms with van der Waals surface area (Å²) in [5, 5.41) is 10.5. The van der Waals surface area contributed by atoms with Crippen molar-refractivity contribution in [2.24, 2.45) is 0 Å². The molecule has 1 aromatic rings. The van der Waals surface area contributed by atoms with Crippen molar-refractivity contribution in [2.45, 2.75) is 52.1 Å². The van der Waals surface area contributed by atoms with E-state index < -0.39 is 6.10 Å². The van der Waals surface area contributed by atoms with Gasteiger partial charge in [-0.05, 0) is 63.1 Å². The average molecular weight is 260 g/mol. The molecule has 2 rings (SSSR count). The van der Waals surface area contributed by atoms with E-state index in [2.05, 4.69) is 19.1 Å². The Hall–Kier alpha value is -1.28. The Labute approximate surface area is 116 Å². The second-order valence-corrected chi connectivity index (χ2v) is 5.53. The third kappa shape index (κ3) is 3.38. The number of allylic oxidation sites excluding steroid dienone is 1. The monoisotopic (exact) mass is 260 g/mol. The lowest BCUT2D eigenvalue weighted by Crippen LogP contribution is -2.06. The van der Waals surface area contributed by atoms with Gasteiger partial charge in [-0.2, -0.15) is 0 Å². The highest BCUT2D eigenvalue weighted by atomic mass is 16.5. The topological polar surface area (TPSA) is 29.5 Å². The largest absolute Gasteiger partial charge is 0.496 e. The predicted molar refractivity (Wildman–Crippen MR) is 78.6 cm³/mol. The number of aliphatic hydroxyl groups is 1. The van der Waals surface area contributed by atoms with Gasteiger partial charge in [-0.25, -0.2) is 0 Å². The predicted octanol–water partition coefficient (Wildman–Crippen LogP) is 4.24. The van der Waals surface area contributed by atoms with Crippen LogP contribution in [0.2, 0.25) is 0 Å². The highest BCUT2D eigenvalue weighted by Crippen LogP contribution is 2.35. The van der Waals surface area contributed by atoms with E-state index in [9.17, 15) is 5.11 Å². The maximum atomic E-state index is 10.5. The summed E-state index contributed by atoms with van der Waals surface area (Å²) in [6, 6.07) is 4.11. The maximum absolute atomic E-state index is 10.5. The lowest BCUT2D eigenvalue weighted by molar-refractivity contribution is 0.171. The highest BCUT2D eigenvalue weighted by Gasteiger charge is 2.18. The molecule has 0 bridgehead atoms. The summed E-state index contributed by atoms with van der Waals surface area (Å²) in [4.78, 5) is 0. The van der Waals surface area contributed by atoms with E-state index in [1.165, 1.54) is 24.0 Å². The summed E-state index contributed by atoms with van der Waals surface area (Å²) in [5.41, 5.74) is 4.61. The number of benzene rings is 1. The summed E-state index contributed by atoms with van der Waals surface area (Å²) >= 11 is 0. The molecule has 0 saturated carbocycles. The number of ether oxygens (including phenoxy) is 1. The minimum Gasteiger partial charge on any atom is -0.496 e. The van der Waals surface area contributed by atoms with Gasteiger partial charge in [0.2, 0.25) is 0 Å². The second-order valence-electron chi connectivity index (χ2n) is 5.53. The molecular weight excluding hydrogens is 236 g/mol. The Kier molecular flexibility index (Phi) is 4.65. The molecule has 0 saturated heterocycles. The molecule has 0 aliphatic heterocycles. The van der Waals surface area contributed by atoms with Crippen molar-refractivity contribution in [1.82, 2.24) is 0 Å². The van der Waals surface area contributed by atoms with Crippen LogP contribution in [0.5, 0.6) is 5.75 Å². The van der Waals surface area contributed by atoms with E-state index in [1.54, 1.807) is 7.11 Å². The molecule has 0 spiro atoms. The molecule has 1 aliphatic carbocycles. The van der Waals surface area contributed by atoms with Gasteiger partial charge in [0.25, 0.3) is 0 Å². The lowest BCUT2D eigenvalue weighted by atomic mass is 9.90. The highest BCUT2D eigenvalue weighted by molar-refractivity contribution is 5.44. The van der Waals surface area contributed by atoms with Crippen molar-refractivity contribution < 1.29 is 9.84 Å². The van der Waals surface area contributed by atoms with Crippen LogP contribution in [0, 0.1) is 13.8 Å². The Balaban J connectivity index is 2.22. The van der Waals surface area contributed by atoms with Gasteiger partial charge >= 0.3 is 0 Å². The van der Waals surface area contributed by atoms with Crippen molar-refractivity contribution in [3.63, 3.8) is 0 Å². The minimum absolute atomic E-state index is 0.458. The molecule has 0 amide bonds. The number of aryl methyl sites for hydroxylation is 2. The molecule has 2 nitrogen and oxygen atoms in total. The van der Waals surface area contributed by atoms with Gasteiger partial charge in [-0.15, -0.1) is 0 Å². The minimum atomic E-state index is -0.458. The molecular formula is C17H24O2. The van der Waals surface area contributed by atoms with E-state index >= 15 is 0 Å². The van der Waals surface area contributed by atoms with Crippen LogP contribution in [-0.2, 0) is 0 Å². The SMILES string of the molecule is COc1cc(C)cc(C)c1C(O)CC1=CCCCC1. The molecule has 1 unspecified atom stereocenters. The summed E-state index contributed by atoms with van der Waals surface area (Å²) < 4.78 is 5.44. The lowest BCUT2D eigenvalue weighted by Gasteiger charge is -2.21. The average Bonchev–Trinajstić information content (AvgIpc) is 2.38. The molecule has 2 heteroatoms. The van der Waals surface area contributed by atoms with Gasteiger partial charge in [0.05, 0.1) is 13.2 Å². The normalized spacial score (nSPS) is 16.9. The van der Waals surface area contributed by atoms with Crippen LogP contribution in [0.3, 0.4) is 0 Å². The first-order valence-electron chi connectivity index (χ1n) is 7.13. The smallest absolute Gasteiger partial charge is 0.125 e. The van der Waals surface area contributed by atoms with Crippen molar-refractivity contribution in [3.05, 3.63) is 40.5 Å². The first-order chi connectivity index (χ1) is 9.11. The van der Waals surface area contributed by atoms with E-state index in [-0.39, 0.29) is 0 Å². The van der Waals surface area contributed by atoms with Gasteiger partial charge in [0.15, 0.2) is 0 Å². The molecule has 104 valence electrons.